The van der Waals surface area contributed by atoms with Crippen molar-refractivity contribution in [1.82, 2.24) is 0 Å². The topological polar surface area (TPSA) is 362 Å². The zero-order valence-corrected chi connectivity index (χ0v) is 32.9. The van der Waals surface area contributed by atoms with Crippen LogP contribution in [0.4, 0.5) is 0 Å². The number of thiol groups is 6. The lowest BCUT2D eigenvalue weighted by Crippen LogP contribution is -2.32. The van der Waals surface area contributed by atoms with Crippen LogP contribution in [0.3, 0.4) is 0 Å². The van der Waals surface area contributed by atoms with Crippen LogP contribution in [0.5, 0.6) is 0 Å². The fourth-order valence-corrected chi connectivity index (χ4v) is 1.46. The quantitative estimate of drug-likeness (QED) is 0.0642. The van der Waals surface area contributed by atoms with Crippen LogP contribution >= 0.6 is 75.8 Å². The fourth-order valence-electron chi connectivity index (χ4n) is 0.909. The Balaban J connectivity index is -0.0000000679. The van der Waals surface area contributed by atoms with Gasteiger partial charge in [-0.2, -0.15) is 75.8 Å². The lowest BCUT2D eigenvalue weighted by molar-refractivity contribution is -0.306. The van der Waals surface area contributed by atoms with Crippen LogP contribution in [0, 0.1) is 10.8 Å². The summed E-state index contributed by atoms with van der Waals surface area (Å²) in [7, 11) is 0. The highest BCUT2D eigenvalue weighted by atomic mass is 32.1. The molecule has 0 rings (SSSR count). The number of hydrogen-bond acceptors (Lipinski definition) is 24. The van der Waals surface area contributed by atoms with Gasteiger partial charge in [-0.05, 0) is 42.9 Å². The van der Waals surface area contributed by atoms with Gasteiger partial charge in [0.25, 0.3) is 0 Å². The van der Waals surface area contributed by atoms with E-state index in [1.165, 1.54) is 0 Å². The van der Waals surface area contributed by atoms with E-state index in [0.717, 1.165) is 0 Å². The minimum Gasteiger partial charge on any atom is -0.550 e. The van der Waals surface area contributed by atoms with Crippen LogP contribution in [0.1, 0.15) is 39.5 Å². The standard InChI is InChI=1S/C6H14O3.C5H12O3.3C3H6O2S.3C2H4O2S/c1-2-6(3-7,4-8)5-9;1-5(2-6,3-7)4-8;3*4-3(5)1-2-6;3*3-2(4)1-5/h7-9H,2-5H2,1H3;6-8H,2-4H2,1H3;3*6H,1-2H2,(H,4,5);3*5H,1H2,(H,3,4)/p-6. The molecule has 0 heterocycles. The summed E-state index contributed by atoms with van der Waals surface area (Å²) in [5.41, 5.74) is -1.38. The number of carboxylic acids is 6. The normalized spacial score (nSPS) is 9.24. The van der Waals surface area contributed by atoms with Gasteiger partial charge in [-0.15, -0.1) is 0 Å². The molecule has 0 radical (unpaired) electrons. The van der Waals surface area contributed by atoms with Gasteiger partial charge in [0.1, 0.15) is 0 Å². The molecule has 0 unspecified atom stereocenters. The van der Waals surface area contributed by atoms with E-state index in [0.29, 0.717) is 23.7 Å². The molecule has 0 saturated heterocycles. The Hall–Kier alpha value is -1.32. The van der Waals surface area contributed by atoms with Crippen molar-refractivity contribution in [3.63, 3.8) is 0 Å². The number of carboxylic acid groups (broad SMARTS) is 6. The van der Waals surface area contributed by atoms with E-state index in [9.17, 15) is 59.4 Å². The van der Waals surface area contributed by atoms with Crippen LogP contribution < -0.4 is 30.6 Å². The number of aliphatic hydroxyl groups excluding tert-OH is 6. The molecule has 0 aliphatic heterocycles. The molecule has 0 atom stereocenters. The van der Waals surface area contributed by atoms with Gasteiger partial charge in [-0.3, -0.25) is 0 Å². The smallest absolute Gasteiger partial charge is 0.0531 e. The molecule has 0 spiro atoms. The number of carbonyl (C=O) groups is 6. The third-order valence-electron chi connectivity index (χ3n) is 4.24. The summed E-state index contributed by atoms with van der Waals surface area (Å²) in [6.07, 6.45) is 0.728. The van der Waals surface area contributed by atoms with Crippen molar-refractivity contribution in [3.8, 4) is 0 Å². The summed E-state index contributed by atoms with van der Waals surface area (Å²) < 4.78 is 0. The molecule has 0 amide bonds. The van der Waals surface area contributed by atoms with Crippen LogP contribution in [0.15, 0.2) is 0 Å². The van der Waals surface area contributed by atoms with Crippen LogP contribution in [0.25, 0.3) is 0 Å². The number of aliphatic hydroxyl groups is 6. The van der Waals surface area contributed by atoms with E-state index in [-0.39, 0.29) is 76.2 Å². The fraction of sp³-hybridized carbons (Fsp3) is 0.769. The van der Waals surface area contributed by atoms with E-state index in [4.69, 9.17) is 30.6 Å². The van der Waals surface area contributed by atoms with Gasteiger partial charge in [0.05, 0.1) is 57.5 Å². The van der Waals surface area contributed by atoms with Crippen LogP contribution in [-0.2, 0) is 28.8 Å². The molecule has 304 valence electrons. The molecule has 24 heteroatoms. The van der Waals surface area contributed by atoms with Gasteiger partial charge < -0.3 is 90.0 Å². The molecule has 0 saturated carbocycles. The van der Waals surface area contributed by atoms with Crippen molar-refractivity contribution in [1.29, 1.82) is 0 Å². The second-order valence-electron chi connectivity index (χ2n) is 8.74. The van der Waals surface area contributed by atoms with E-state index in [1.54, 1.807) is 6.92 Å². The zero-order valence-electron chi connectivity index (χ0n) is 27.6. The SMILES string of the molecule is CC(CO)(CO)CO.CCC(CO)(CO)CO.O=C([O-])CCS.O=C([O-])CCS.O=C([O-])CCS.O=C([O-])CS.O=C([O-])CS.O=C([O-])CS. The Bertz CT molecular complexity index is 704. The second kappa shape index (κ2) is 52.0. The molecule has 0 bridgehead atoms. The molecule has 50 heavy (non-hydrogen) atoms. The van der Waals surface area contributed by atoms with E-state index < -0.39 is 46.6 Å². The second-order valence-corrected chi connectivity index (χ2v) is 11.0. The highest BCUT2D eigenvalue weighted by molar-refractivity contribution is 7.81. The summed E-state index contributed by atoms with van der Waals surface area (Å²) in [5.74, 6) is -6.00. The average molecular weight is 843 g/mol. The Kier molecular flexibility index (Phi) is 69.6. The zero-order chi connectivity index (χ0) is 41.8. The Labute approximate surface area is 324 Å². The predicted octanol–water partition coefficient (Wildman–Crippen LogP) is -8.50. The summed E-state index contributed by atoms with van der Waals surface area (Å²) in [4.78, 5) is 55.9. The third-order valence-corrected chi connectivity index (χ3v) is 5.68. The van der Waals surface area contributed by atoms with Crippen LogP contribution in [-0.4, -0.2) is 141 Å². The van der Waals surface area contributed by atoms with Gasteiger partial charge in [-0.25, -0.2) is 0 Å². The first-order valence-corrected chi connectivity index (χ1v) is 17.3. The van der Waals surface area contributed by atoms with Crippen molar-refractivity contribution in [2.24, 2.45) is 10.8 Å². The lowest BCUT2D eigenvalue weighted by atomic mass is 9.88. The highest BCUT2D eigenvalue weighted by Crippen LogP contribution is 2.18. The molecule has 18 nitrogen and oxygen atoms in total. The lowest BCUT2D eigenvalue weighted by Gasteiger charge is -2.24. The molecule has 0 aliphatic rings. The van der Waals surface area contributed by atoms with Crippen molar-refractivity contribution in [2.45, 2.75) is 39.5 Å². The first-order valence-electron chi connectivity index (χ1n) is 13.5. The number of aliphatic carboxylic acids is 6. The minimum absolute atomic E-state index is 0.0448. The average Bonchev–Trinajstić information content (AvgIpc) is 3.07. The molecule has 0 fully saturated rings. The Morgan fingerprint density at radius 1 is 0.440 bits per heavy atom. The summed E-state index contributed by atoms with van der Waals surface area (Å²) in [6, 6.07) is 0. The molecule has 0 aromatic rings. The van der Waals surface area contributed by atoms with Crippen LogP contribution in [0.2, 0.25) is 0 Å². The first kappa shape index (κ1) is 66.9. The summed E-state index contributed by atoms with van der Waals surface area (Å²) in [5, 5.41) is 107. The Morgan fingerprint density at radius 3 is 0.620 bits per heavy atom. The van der Waals surface area contributed by atoms with Crippen molar-refractivity contribution < 1.29 is 90.0 Å². The predicted molar refractivity (Wildman–Crippen MR) is 190 cm³/mol. The van der Waals surface area contributed by atoms with E-state index in [2.05, 4.69) is 75.8 Å². The number of rotatable bonds is 16. The van der Waals surface area contributed by atoms with Gasteiger partial charge in [-0.1, -0.05) is 13.8 Å². The van der Waals surface area contributed by atoms with E-state index >= 15 is 0 Å². The van der Waals surface area contributed by atoms with Crippen molar-refractivity contribution >= 4 is 112 Å². The van der Waals surface area contributed by atoms with Gasteiger partial charge in [0.15, 0.2) is 0 Å². The van der Waals surface area contributed by atoms with E-state index in [1.807, 2.05) is 6.92 Å². The molecule has 0 aliphatic carbocycles. The summed E-state index contributed by atoms with van der Waals surface area (Å²) in [6.45, 7) is 2.42. The van der Waals surface area contributed by atoms with Gasteiger partial charge in [0, 0.05) is 46.0 Å². The van der Waals surface area contributed by atoms with Gasteiger partial charge >= 0.3 is 0 Å². The molecular weight excluding hydrogens is 793 g/mol. The largest absolute Gasteiger partial charge is 0.550 e. The maximum Gasteiger partial charge on any atom is 0.0531 e. The van der Waals surface area contributed by atoms with Crippen molar-refractivity contribution in [2.75, 3.05) is 74.2 Å². The number of carbonyl (C=O) groups excluding carboxylic acids is 6. The maximum absolute atomic E-state index is 9.44. The minimum atomic E-state index is -1.13. The van der Waals surface area contributed by atoms with Crippen molar-refractivity contribution in [3.05, 3.63) is 0 Å². The highest BCUT2D eigenvalue weighted by Gasteiger charge is 2.24. The molecular formula is C26H50O18S6-6. The third kappa shape index (κ3) is 81.0. The number of hydrogen-bond donors (Lipinski definition) is 12. The Morgan fingerprint density at radius 2 is 0.620 bits per heavy atom. The molecule has 0 aromatic heterocycles. The monoisotopic (exact) mass is 842 g/mol. The summed E-state index contributed by atoms with van der Waals surface area (Å²) >= 11 is 21.0. The molecule has 0 aromatic carbocycles. The molecule has 6 N–H and O–H groups in total. The van der Waals surface area contributed by atoms with Gasteiger partial charge in [0.2, 0.25) is 0 Å². The first-order chi connectivity index (χ1) is 23.0. The maximum atomic E-state index is 9.44.